The summed E-state index contributed by atoms with van der Waals surface area (Å²) in [6, 6.07) is 2.24. The molecular formula is C12H14N4OS. The van der Waals surface area contributed by atoms with E-state index in [9.17, 15) is 4.79 Å². The minimum absolute atomic E-state index is 0.140. The Balaban J connectivity index is 1.74. The number of nitrogen functional groups attached to an aromatic ring is 1. The number of thiophene rings is 1. The molecule has 0 amide bonds. The topological polar surface area (TPSA) is 83.8 Å². The highest BCUT2D eigenvalue weighted by atomic mass is 32.1. The van der Waals surface area contributed by atoms with Gasteiger partial charge in [-0.3, -0.25) is 4.79 Å². The van der Waals surface area contributed by atoms with E-state index in [2.05, 4.69) is 21.4 Å². The quantitative estimate of drug-likeness (QED) is 0.783. The maximum absolute atomic E-state index is 11.3. The molecule has 5 nitrogen and oxygen atoms in total. The van der Waals surface area contributed by atoms with Crippen LogP contribution in [0.25, 0.3) is 0 Å². The number of H-pyrrole nitrogens is 1. The predicted molar refractivity (Wildman–Crippen MR) is 72.9 cm³/mol. The highest BCUT2D eigenvalue weighted by molar-refractivity contribution is 7.12. The summed E-state index contributed by atoms with van der Waals surface area (Å²) < 4.78 is 0. The minimum Gasteiger partial charge on any atom is -0.391 e. The number of aromatic nitrogens is 2. The summed E-state index contributed by atoms with van der Waals surface area (Å²) in [7, 11) is 0. The number of nitrogens with one attached hydrogen (secondary N) is 2. The van der Waals surface area contributed by atoms with Crippen LogP contribution >= 0.6 is 11.3 Å². The summed E-state index contributed by atoms with van der Waals surface area (Å²) in [5, 5.41) is 3.11. The van der Waals surface area contributed by atoms with Crippen LogP contribution in [0.2, 0.25) is 0 Å². The highest BCUT2D eigenvalue weighted by Crippen LogP contribution is 2.30. The van der Waals surface area contributed by atoms with Crippen molar-refractivity contribution in [3.05, 3.63) is 38.1 Å². The Bertz CT molecular complexity index is 610. The number of hydrogen-bond acceptors (Lipinski definition) is 5. The highest BCUT2D eigenvalue weighted by Gasteiger charge is 2.14. The molecule has 0 bridgehead atoms. The van der Waals surface area contributed by atoms with Gasteiger partial charge in [0.25, 0.3) is 5.56 Å². The lowest BCUT2D eigenvalue weighted by Crippen LogP contribution is -2.15. The van der Waals surface area contributed by atoms with Gasteiger partial charge in [-0.1, -0.05) is 0 Å². The van der Waals surface area contributed by atoms with Crippen molar-refractivity contribution in [3.63, 3.8) is 0 Å². The van der Waals surface area contributed by atoms with Gasteiger partial charge in [0.15, 0.2) is 5.82 Å². The molecule has 1 aliphatic carbocycles. The van der Waals surface area contributed by atoms with E-state index >= 15 is 0 Å². The zero-order chi connectivity index (χ0) is 12.5. The summed E-state index contributed by atoms with van der Waals surface area (Å²) in [5.74, 6) is 0.451. The smallest absolute Gasteiger partial charge is 0.276 e. The number of aromatic amines is 1. The molecule has 2 aromatic rings. The fourth-order valence-corrected chi connectivity index (χ4v) is 3.40. The first-order chi connectivity index (χ1) is 8.74. The van der Waals surface area contributed by atoms with Crippen molar-refractivity contribution < 1.29 is 0 Å². The van der Waals surface area contributed by atoms with Crippen LogP contribution in [-0.2, 0) is 19.4 Å². The minimum atomic E-state index is -0.304. The van der Waals surface area contributed by atoms with Gasteiger partial charge in [-0.2, -0.15) is 0 Å². The van der Waals surface area contributed by atoms with E-state index in [-0.39, 0.29) is 11.2 Å². The average molecular weight is 262 g/mol. The Morgan fingerprint density at radius 3 is 3.22 bits per heavy atom. The van der Waals surface area contributed by atoms with E-state index in [1.54, 1.807) is 0 Å². The molecule has 0 aliphatic heterocycles. The van der Waals surface area contributed by atoms with Gasteiger partial charge >= 0.3 is 0 Å². The molecule has 0 saturated carbocycles. The number of aryl methyl sites for hydroxylation is 2. The number of anilines is 2. The molecule has 0 aromatic carbocycles. The summed E-state index contributed by atoms with van der Waals surface area (Å²) in [6.45, 7) is 0.665. The van der Waals surface area contributed by atoms with Crippen molar-refractivity contribution in [1.29, 1.82) is 0 Å². The number of nitrogens with two attached hydrogens (primary N) is 1. The van der Waals surface area contributed by atoms with E-state index in [1.807, 2.05) is 11.3 Å². The maximum atomic E-state index is 11.3. The second-order valence-electron chi connectivity index (χ2n) is 4.36. The predicted octanol–water partition coefficient (Wildman–Crippen LogP) is 1.51. The van der Waals surface area contributed by atoms with Gasteiger partial charge in [0.1, 0.15) is 5.69 Å². The maximum Gasteiger partial charge on any atom is 0.276 e. The zero-order valence-electron chi connectivity index (χ0n) is 9.82. The van der Waals surface area contributed by atoms with Gasteiger partial charge in [0.2, 0.25) is 0 Å². The Kier molecular flexibility index (Phi) is 2.79. The van der Waals surface area contributed by atoms with Crippen LogP contribution in [0.5, 0.6) is 0 Å². The number of nitrogens with zero attached hydrogens (tertiary/aromatic N) is 1. The molecule has 0 atom stereocenters. The van der Waals surface area contributed by atoms with Crippen LogP contribution in [0, 0.1) is 0 Å². The molecule has 4 N–H and O–H groups in total. The van der Waals surface area contributed by atoms with E-state index in [1.165, 1.54) is 40.9 Å². The first-order valence-corrected chi connectivity index (χ1v) is 6.73. The number of hydrogen-bond donors (Lipinski definition) is 3. The monoisotopic (exact) mass is 262 g/mol. The van der Waals surface area contributed by atoms with Gasteiger partial charge in [0, 0.05) is 9.75 Å². The van der Waals surface area contributed by atoms with E-state index in [4.69, 9.17) is 5.73 Å². The lowest BCUT2D eigenvalue weighted by molar-refractivity contribution is 0.913. The van der Waals surface area contributed by atoms with Crippen LogP contribution in [0.4, 0.5) is 11.5 Å². The van der Waals surface area contributed by atoms with Gasteiger partial charge in [-0.05, 0) is 30.9 Å². The lowest BCUT2D eigenvalue weighted by Gasteiger charge is -2.05. The second-order valence-corrected chi connectivity index (χ2v) is 5.58. The van der Waals surface area contributed by atoms with Crippen molar-refractivity contribution in [2.75, 3.05) is 11.1 Å². The Hall–Kier alpha value is -1.82. The third-order valence-corrected chi connectivity index (χ3v) is 4.35. The first-order valence-electron chi connectivity index (χ1n) is 5.91. The molecule has 2 aromatic heterocycles. The molecule has 0 radical (unpaired) electrons. The van der Waals surface area contributed by atoms with E-state index in [0.29, 0.717) is 12.4 Å². The molecule has 6 heteroatoms. The van der Waals surface area contributed by atoms with Crippen LogP contribution in [0.15, 0.2) is 17.2 Å². The Morgan fingerprint density at radius 1 is 1.50 bits per heavy atom. The lowest BCUT2D eigenvalue weighted by atomic mass is 10.2. The van der Waals surface area contributed by atoms with Gasteiger partial charge < -0.3 is 16.0 Å². The van der Waals surface area contributed by atoms with Gasteiger partial charge in [0.05, 0.1) is 12.9 Å². The van der Waals surface area contributed by atoms with Crippen molar-refractivity contribution in [1.82, 2.24) is 9.97 Å². The number of rotatable bonds is 3. The molecule has 0 spiro atoms. The van der Waals surface area contributed by atoms with Crippen molar-refractivity contribution in [2.45, 2.75) is 25.8 Å². The van der Waals surface area contributed by atoms with Crippen molar-refractivity contribution in [3.8, 4) is 0 Å². The second kappa shape index (κ2) is 4.45. The molecule has 0 fully saturated rings. The third-order valence-electron chi connectivity index (χ3n) is 3.12. The molecule has 2 heterocycles. The fourth-order valence-electron chi connectivity index (χ4n) is 2.20. The standard InChI is InChI=1S/C12H14N4OS/c13-10-11(15-6-16-12(10)17)14-5-8-4-7-2-1-3-9(7)18-8/h4,6H,1-3,5,13H2,(H2,14,15,16,17). The molecule has 3 rings (SSSR count). The zero-order valence-corrected chi connectivity index (χ0v) is 10.6. The normalized spacial score (nSPS) is 13.6. The van der Waals surface area contributed by atoms with Gasteiger partial charge in [-0.15, -0.1) is 11.3 Å². The Morgan fingerprint density at radius 2 is 2.39 bits per heavy atom. The largest absolute Gasteiger partial charge is 0.391 e. The molecule has 94 valence electrons. The van der Waals surface area contributed by atoms with E-state index < -0.39 is 0 Å². The third kappa shape index (κ3) is 1.99. The molecule has 0 saturated heterocycles. The summed E-state index contributed by atoms with van der Waals surface area (Å²) in [5.41, 5.74) is 6.97. The van der Waals surface area contributed by atoms with Gasteiger partial charge in [-0.25, -0.2) is 4.98 Å². The SMILES string of the molecule is Nc1c(NCc2cc3c(s2)CCC3)nc[nH]c1=O. The molecule has 0 unspecified atom stereocenters. The Labute approximate surface area is 108 Å². The van der Waals surface area contributed by atoms with Crippen LogP contribution < -0.4 is 16.6 Å². The van der Waals surface area contributed by atoms with E-state index in [0.717, 1.165) is 0 Å². The molecule has 18 heavy (non-hydrogen) atoms. The molecule has 1 aliphatic rings. The van der Waals surface area contributed by atoms with Crippen molar-refractivity contribution in [2.24, 2.45) is 0 Å². The summed E-state index contributed by atoms with van der Waals surface area (Å²) >= 11 is 1.83. The first kappa shape index (κ1) is 11.3. The molecular weight excluding hydrogens is 248 g/mol. The fraction of sp³-hybridized carbons (Fsp3) is 0.333. The van der Waals surface area contributed by atoms with Crippen LogP contribution in [0.3, 0.4) is 0 Å². The summed E-state index contributed by atoms with van der Waals surface area (Å²) in [4.78, 5) is 20.5. The number of fused-ring (bicyclic) bond motifs is 1. The van der Waals surface area contributed by atoms with Crippen molar-refractivity contribution >= 4 is 22.8 Å². The van der Waals surface area contributed by atoms with Crippen LogP contribution in [0.1, 0.15) is 21.7 Å². The van der Waals surface area contributed by atoms with Crippen LogP contribution in [-0.4, -0.2) is 9.97 Å². The average Bonchev–Trinajstić information content (AvgIpc) is 2.91. The summed E-state index contributed by atoms with van der Waals surface area (Å²) in [6.07, 6.45) is 5.02.